The summed E-state index contributed by atoms with van der Waals surface area (Å²) in [5.74, 6) is 1.01. The molecule has 0 saturated carbocycles. The fourth-order valence-corrected chi connectivity index (χ4v) is 1.83. The molecule has 2 nitrogen and oxygen atoms in total. The molecule has 4 atom stereocenters. The second-order valence-electron chi connectivity index (χ2n) is 3.89. The average Bonchev–Trinajstić information content (AvgIpc) is 2.08. The van der Waals surface area contributed by atoms with Crippen molar-refractivity contribution in [2.45, 2.75) is 40.2 Å². The third-order valence-electron chi connectivity index (χ3n) is 3.25. The number of cyclic esters (lactones) is 1. The first-order valence-corrected chi connectivity index (χ1v) is 4.78. The number of carbonyl (C=O) groups is 1. The molecule has 1 heterocycles. The monoisotopic (exact) mass is 170 g/mol. The van der Waals surface area contributed by atoms with Gasteiger partial charge in [0.25, 0.3) is 0 Å². The normalized spacial score (nSPS) is 42.5. The highest BCUT2D eigenvalue weighted by molar-refractivity contribution is 5.73. The summed E-state index contributed by atoms with van der Waals surface area (Å²) in [7, 11) is 0. The summed E-state index contributed by atoms with van der Waals surface area (Å²) in [6.45, 7) is 8.33. The molecule has 0 amide bonds. The minimum absolute atomic E-state index is 0.0209. The molecule has 1 aliphatic heterocycles. The second kappa shape index (κ2) is 3.46. The summed E-state index contributed by atoms with van der Waals surface area (Å²) < 4.78 is 5.29. The van der Waals surface area contributed by atoms with E-state index in [0.29, 0.717) is 11.8 Å². The van der Waals surface area contributed by atoms with Gasteiger partial charge in [-0.25, -0.2) is 0 Å². The van der Waals surface area contributed by atoms with Crippen molar-refractivity contribution in [1.82, 2.24) is 0 Å². The molecule has 1 aliphatic rings. The van der Waals surface area contributed by atoms with Crippen LogP contribution in [0.4, 0.5) is 0 Å². The van der Waals surface area contributed by atoms with Crippen LogP contribution in [-0.2, 0) is 9.53 Å². The van der Waals surface area contributed by atoms with Crippen molar-refractivity contribution in [1.29, 1.82) is 0 Å². The predicted molar refractivity (Wildman–Crippen MR) is 47.7 cm³/mol. The van der Waals surface area contributed by atoms with Crippen molar-refractivity contribution in [3.05, 3.63) is 0 Å². The Kier molecular flexibility index (Phi) is 2.76. The van der Waals surface area contributed by atoms with E-state index in [1.807, 2.05) is 6.92 Å². The fraction of sp³-hybridized carbons (Fsp3) is 0.900. The molecule has 0 aromatic rings. The fourth-order valence-electron chi connectivity index (χ4n) is 1.83. The van der Waals surface area contributed by atoms with E-state index in [2.05, 4.69) is 20.8 Å². The quantitative estimate of drug-likeness (QED) is 0.564. The zero-order valence-corrected chi connectivity index (χ0v) is 8.33. The topological polar surface area (TPSA) is 26.3 Å². The van der Waals surface area contributed by atoms with Gasteiger partial charge in [0.15, 0.2) is 0 Å². The van der Waals surface area contributed by atoms with Crippen LogP contribution in [0.25, 0.3) is 0 Å². The molecule has 0 aromatic heterocycles. The maximum atomic E-state index is 11.3. The molecule has 12 heavy (non-hydrogen) atoms. The number of rotatable bonds is 1. The van der Waals surface area contributed by atoms with Crippen LogP contribution in [-0.4, -0.2) is 12.1 Å². The molecule has 0 radical (unpaired) electrons. The maximum absolute atomic E-state index is 11.3. The van der Waals surface area contributed by atoms with E-state index in [4.69, 9.17) is 4.74 Å². The number of hydrogen-bond donors (Lipinski definition) is 0. The van der Waals surface area contributed by atoms with Crippen LogP contribution in [0.3, 0.4) is 0 Å². The molecule has 70 valence electrons. The average molecular weight is 170 g/mol. The minimum Gasteiger partial charge on any atom is -0.462 e. The van der Waals surface area contributed by atoms with E-state index in [0.717, 1.165) is 6.42 Å². The van der Waals surface area contributed by atoms with Crippen LogP contribution in [0.5, 0.6) is 0 Å². The van der Waals surface area contributed by atoms with Crippen molar-refractivity contribution in [2.75, 3.05) is 0 Å². The Hall–Kier alpha value is -0.530. The first-order valence-electron chi connectivity index (χ1n) is 4.78. The van der Waals surface area contributed by atoms with Gasteiger partial charge in [-0.2, -0.15) is 0 Å². The number of hydrogen-bond acceptors (Lipinski definition) is 2. The molecule has 0 aliphatic carbocycles. The summed E-state index contributed by atoms with van der Waals surface area (Å²) in [6.07, 6.45) is 1.08. The van der Waals surface area contributed by atoms with Gasteiger partial charge in [0.05, 0.1) is 5.92 Å². The van der Waals surface area contributed by atoms with E-state index >= 15 is 0 Å². The van der Waals surface area contributed by atoms with Gasteiger partial charge in [0, 0.05) is 0 Å². The Morgan fingerprint density at radius 2 is 1.83 bits per heavy atom. The van der Waals surface area contributed by atoms with Crippen molar-refractivity contribution in [3.63, 3.8) is 0 Å². The van der Waals surface area contributed by atoms with Crippen molar-refractivity contribution in [2.24, 2.45) is 17.8 Å². The van der Waals surface area contributed by atoms with E-state index in [9.17, 15) is 4.79 Å². The van der Waals surface area contributed by atoms with Gasteiger partial charge >= 0.3 is 5.97 Å². The zero-order chi connectivity index (χ0) is 9.30. The molecule has 0 bridgehead atoms. The molecular formula is C10H18O2. The molecule has 0 aromatic carbocycles. The van der Waals surface area contributed by atoms with Crippen molar-refractivity contribution >= 4 is 5.97 Å². The van der Waals surface area contributed by atoms with Gasteiger partial charge in [-0.05, 0) is 18.3 Å². The summed E-state index contributed by atoms with van der Waals surface area (Å²) in [6, 6.07) is 0. The number of esters is 1. The number of ether oxygens (including phenoxy) is 1. The standard InChI is InChI=1S/C10H18O2/c1-5-9-7(3)6(2)8(4)10(11)12-9/h6-9H,5H2,1-4H3/t6?,7-,8?,9?/m1/s1. The summed E-state index contributed by atoms with van der Waals surface area (Å²) >= 11 is 0. The molecule has 0 N–H and O–H groups in total. The second-order valence-corrected chi connectivity index (χ2v) is 3.89. The van der Waals surface area contributed by atoms with Crippen LogP contribution >= 0.6 is 0 Å². The van der Waals surface area contributed by atoms with Gasteiger partial charge in [-0.3, -0.25) is 4.79 Å². The van der Waals surface area contributed by atoms with Gasteiger partial charge in [0.2, 0.25) is 0 Å². The Morgan fingerprint density at radius 3 is 2.33 bits per heavy atom. The van der Waals surface area contributed by atoms with Crippen molar-refractivity contribution in [3.8, 4) is 0 Å². The predicted octanol–water partition coefficient (Wildman–Crippen LogP) is 2.23. The lowest BCUT2D eigenvalue weighted by Crippen LogP contribution is -2.41. The molecular weight excluding hydrogens is 152 g/mol. The third kappa shape index (κ3) is 1.47. The first kappa shape index (κ1) is 9.56. The third-order valence-corrected chi connectivity index (χ3v) is 3.25. The summed E-state index contributed by atoms with van der Waals surface area (Å²) in [4.78, 5) is 11.3. The number of carbonyl (C=O) groups excluding carboxylic acids is 1. The van der Waals surface area contributed by atoms with Gasteiger partial charge < -0.3 is 4.74 Å². The van der Waals surface area contributed by atoms with Gasteiger partial charge in [-0.15, -0.1) is 0 Å². The van der Waals surface area contributed by atoms with Crippen LogP contribution in [0.1, 0.15) is 34.1 Å². The lowest BCUT2D eigenvalue weighted by molar-refractivity contribution is -0.169. The molecule has 1 fully saturated rings. The lowest BCUT2D eigenvalue weighted by atomic mass is 9.79. The van der Waals surface area contributed by atoms with Gasteiger partial charge in [-0.1, -0.05) is 27.7 Å². The highest BCUT2D eigenvalue weighted by Crippen LogP contribution is 2.32. The van der Waals surface area contributed by atoms with Crippen LogP contribution in [0, 0.1) is 17.8 Å². The largest absolute Gasteiger partial charge is 0.462 e. The smallest absolute Gasteiger partial charge is 0.309 e. The van der Waals surface area contributed by atoms with E-state index < -0.39 is 0 Å². The molecule has 1 rings (SSSR count). The zero-order valence-electron chi connectivity index (χ0n) is 8.33. The first-order chi connectivity index (χ1) is 5.57. The van der Waals surface area contributed by atoms with E-state index in [1.54, 1.807) is 0 Å². The Labute approximate surface area is 74.3 Å². The molecule has 1 saturated heterocycles. The Balaban J connectivity index is 2.70. The summed E-state index contributed by atoms with van der Waals surface area (Å²) in [5, 5.41) is 0. The van der Waals surface area contributed by atoms with Crippen molar-refractivity contribution < 1.29 is 9.53 Å². The Bertz CT molecular complexity index is 175. The van der Waals surface area contributed by atoms with Gasteiger partial charge in [0.1, 0.15) is 6.10 Å². The van der Waals surface area contributed by atoms with E-state index in [1.165, 1.54) is 0 Å². The Morgan fingerprint density at radius 1 is 1.25 bits per heavy atom. The van der Waals surface area contributed by atoms with Crippen LogP contribution < -0.4 is 0 Å². The van der Waals surface area contributed by atoms with Crippen LogP contribution in [0.2, 0.25) is 0 Å². The van der Waals surface area contributed by atoms with E-state index in [-0.39, 0.29) is 18.0 Å². The highest BCUT2D eigenvalue weighted by Gasteiger charge is 2.37. The molecule has 2 heteroatoms. The molecule has 3 unspecified atom stereocenters. The lowest BCUT2D eigenvalue weighted by Gasteiger charge is -2.36. The minimum atomic E-state index is -0.0209. The van der Waals surface area contributed by atoms with Crippen LogP contribution in [0.15, 0.2) is 0 Å². The SMILES string of the molecule is CCC1OC(=O)C(C)C(C)[C@H]1C. The summed E-state index contributed by atoms with van der Waals surface area (Å²) in [5.41, 5.74) is 0. The highest BCUT2D eigenvalue weighted by atomic mass is 16.5. The molecule has 0 spiro atoms. The maximum Gasteiger partial charge on any atom is 0.309 e.